The van der Waals surface area contributed by atoms with Crippen LogP contribution in [0.5, 0.6) is 0 Å². The molecule has 0 radical (unpaired) electrons. The number of carbonyl (C=O) groups excluding carboxylic acids is 1. The number of pyridine rings is 1. The summed E-state index contributed by atoms with van der Waals surface area (Å²) in [6.45, 7) is 0.530. The van der Waals surface area contributed by atoms with Gasteiger partial charge in [-0.15, -0.1) is 0 Å². The highest BCUT2D eigenvalue weighted by molar-refractivity contribution is 5.80. The van der Waals surface area contributed by atoms with Crippen LogP contribution in [-0.2, 0) is 11.3 Å². The summed E-state index contributed by atoms with van der Waals surface area (Å²) >= 11 is 0. The van der Waals surface area contributed by atoms with E-state index in [1.54, 1.807) is 12.5 Å². The van der Waals surface area contributed by atoms with E-state index in [4.69, 9.17) is 4.42 Å². The number of aromatic nitrogens is 1. The van der Waals surface area contributed by atoms with E-state index >= 15 is 0 Å². The summed E-state index contributed by atoms with van der Waals surface area (Å²) in [5.74, 6) is 2.15. The van der Waals surface area contributed by atoms with E-state index in [1.807, 2.05) is 24.3 Å². The fraction of sp³-hybridized carbons (Fsp3) is 0.333. The lowest BCUT2D eigenvalue weighted by molar-refractivity contribution is -0.125. The van der Waals surface area contributed by atoms with Gasteiger partial charge in [-0.05, 0) is 48.4 Å². The Balaban J connectivity index is 1.36. The molecule has 2 aromatic rings. The summed E-state index contributed by atoms with van der Waals surface area (Å²) in [5, 5.41) is 3.04. The molecule has 0 aliphatic heterocycles. The Morgan fingerprint density at radius 3 is 2.86 bits per heavy atom. The van der Waals surface area contributed by atoms with Gasteiger partial charge in [0, 0.05) is 18.7 Å². The third kappa shape index (κ3) is 2.45. The zero-order chi connectivity index (χ0) is 14.9. The highest BCUT2D eigenvalue weighted by atomic mass is 16.3. The molecule has 2 aromatic heterocycles. The molecule has 1 fully saturated rings. The first-order valence-electron chi connectivity index (χ1n) is 7.74. The molecule has 0 saturated heterocycles. The lowest BCUT2D eigenvalue weighted by Gasteiger charge is -2.17. The first-order valence-corrected chi connectivity index (χ1v) is 7.74. The van der Waals surface area contributed by atoms with Crippen molar-refractivity contribution < 1.29 is 9.21 Å². The zero-order valence-corrected chi connectivity index (χ0v) is 12.2. The highest BCUT2D eigenvalue weighted by Gasteiger charge is 2.39. The Kier molecular flexibility index (Phi) is 3.29. The summed E-state index contributed by atoms with van der Waals surface area (Å²) in [6, 6.07) is 7.62. The normalized spacial score (nSPS) is 25.5. The Morgan fingerprint density at radius 1 is 1.27 bits per heavy atom. The van der Waals surface area contributed by atoms with Crippen LogP contribution in [0.3, 0.4) is 0 Å². The predicted octanol–water partition coefficient (Wildman–Crippen LogP) is 3.17. The van der Waals surface area contributed by atoms with E-state index in [2.05, 4.69) is 22.5 Å². The maximum absolute atomic E-state index is 12.3. The average molecular weight is 294 g/mol. The van der Waals surface area contributed by atoms with Gasteiger partial charge in [0.05, 0.1) is 6.26 Å². The molecule has 4 nitrogen and oxygen atoms in total. The van der Waals surface area contributed by atoms with Gasteiger partial charge in [-0.3, -0.25) is 9.78 Å². The number of nitrogens with zero attached hydrogens (tertiary/aromatic N) is 1. The third-order valence-electron chi connectivity index (χ3n) is 4.68. The van der Waals surface area contributed by atoms with Crippen LogP contribution in [0.1, 0.15) is 18.4 Å². The Morgan fingerprint density at radius 2 is 2.23 bits per heavy atom. The molecule has 3 unspecified atom stereocenters. The van der Waals surface area contributed by atoms with Crippen LogP contribution in [0, 0.1) is 17.8 Å². The molecule has 4 heteroatoms. The number of fused-ring (bicyclic) bond motifs is 2. The molecule has 4 rings (SSSR count). The van der Waals surface area contributed by atoms with Gasteiger partial charge in [0.25, 0.3) is 0 Å². The fourth-order valence-corrected chi connectivity index (χ4v) is 3.50. The summed E-state index contributed by atoms with van der Waals surface area (Å²) < 4.78 is 5.31. The van der Waals surface area contributed by atoms with Crippen molar-refractivity contribution in [2.24, 2.45) is 17.8 Å². The number of carbonyl (C=O) groups is 1. The zero-order valence-electron chi connectivity index (χ0n) is 12.2. The summed E-state index contributed by atoms with van der Waals surface area (Å²) in [4.78, 5) is 16.7. The lowest BCUT2D eigenvalue weighted by Crippen LogP contribution is -2.32. The maximum Gasteiger partial charge on any atom is 0.223 e. The molecule has 1 amide bonds. The third-order valence-corrected chi connectivity index (χ3v) is 4.68. The van der Waals surface area contributed by atoms with Gasteiger partial charge in [-0.2, -0.15) is 0 Å². The van der Waals surface area contributed by atoms with Crippen LogP contribution in [0.4, 0.5) is 0 Å². The minimum Gasteiger partial charge on any atom is -0.463 e. The van der Waals surface area contributed by atoms with Crippen LogP contribution in [0.15, 0.2) is 53.3 Å². The van der Waals surface area contributed by atoms with E-state index in [1.165, 1.54) is 0 Å². The predicted molar refractivity (Wildman–Crippen MR) is 82.6 cm³/mol. The van der Waals surface area contributed by atoms with Crippen molar-refractivity contribution in [1.82, 2.24) is 10.3 Å². The SMILES string of the molecule is O=C(NCc1ccc(-c2ccco2)nc1)C1CC2C=CC1C2. The fourth-order valence-electron chi connectivity index (χ4n) is 3.50. The smallest absolute Gasteiger partial charge is 0.223 e. The van der Waals surface area contributed by atoms with Crippen molar-refractivity contribution >= 4 is 5.91 Å². The number of amides is 1. The monoisotopic (exact) mass is 294 g/mol. The van der Waals surface area contributed by atoms with E-state index in [0.717, 1.165) is 29.9 Å². The minimum absolute atomic E-state index is 0.158. The number of rotatable bonds is 4. The topological polar surface area (TPSA) is 55.1 Å². The van der Waals surface area contributed by atoms with E-state index in [0.29, 0.717) is 18.4 Å². The van der Waals surface area contributed by atoms with Crippen molar-refractivity contribution in [3.63, 3.8) is 0 Å². The minimum atomic E-state index is 0.158. The molecule has 112 valence electrons. The Bertz CT molecular complexity index is 688. The largest absolute Gasteiger partial charge is 0.463 e. The van der Waals surface area contributed by atoms with Gasteiger partial charge in [0.2, 0.25) is 5.91 Å². The van der Waals surface area contributed by atoms with Gasteiger partial charge in [0.15, 0.2) is 5.76 Å². The highest BCUT2D eigenvalue weighted by Crippen LogP contribution is 2.43. The van der Waals surface area contributed by atoms with Crippen molar-refractivity contribution in [2.75, 3.05) is 0 Å². The van der Waals surface area contributed by atoms with Gasteiger partial charge in [0.1, 0.15) is 5.69 Å². The molecule has 2 bridgehead atoms. The van der Waals surface area contributed by atoms with Crippen molar-refractivity contribution in [2.45, 2.75) is 19.4 Å². The molecule has 1 saturated carbocycles. The molecule has 3 atom stereocenters. The Labute approximate surface area is 129 Å². The van der Waals surface area contributed by atoms with Crippen LogP contribution in [0.2, 0.25) is 0 Å². The van der Waals surface area contributed by atoms with Crippen LogP contribution < -0.4 is 5.32 Å². The van der Waals surface area contributed by atoms with Crippen molar-refractivity contribution in [3.8, 4) is 11.5 Å². The number of furan rings is 1. The van der Waals surface area contributed by atoms with Gasteiger partial charge < -0.3 is 9.73 Å². The van der Waals surface area contributed by atoms with E-state index in [-0.39, 0.29) is 11.8 Å². The van der Waals surface area contributed by atoms with E-state index in [9.17, 15) is 4.79 Å². The first-order chi connectivity index (χ1) is 10.8. The number of hydrogen-bond acceptors (Lipinski definition) is 3. The number of hydrogen-bond donors (Lipinski definition) is 1. The molecule has 0 spiro atoms. The second-order valence-electron chi connectivity index (χ2n) is 6.13. The second-order valence-corrected chi connectivity index (χ2v) is 6.13. The maximum atomic E-state index is 12.3. The van der Waals surface area contributed by atoms with Gasteiger partial charge in [-0.1, -0.05) is 18.2 Å². The standard InChI is InChI=1S/C18H18N2O2/c21-18(15-9-12-3-5-14(15)8-12)20-11-13-4-6-16(19-10-13)17-2-1-7-22-17/h1-7,10,12,14-15H,8-9,11H2,(H,20,21). The molecule has 2 heterocycles. The molecule has 2 aliphatic carbocycles. The van der Waals surface area contributed by atoms with E-state index < -0.39 is 0 Å². The summed E-state index contributed by atoms with van der Waals surface area (Å²) in [7, 11) is 0. The van der Waals surface area contributed by atoms with Crippen LogP contribution in [-0.4, -0.2) is 10.9 Å². The van der Waals surface area contributed by atoms with Crippen LogP contribution in [0.25, 0.3) is 11.5 Å². The van der Waals surface area contributed by atoms with Crippen molar-refractivity contribution in [3.05, 3.63) is 54.4 Å². The van der Waals surface area contributed by atoms with Gasteiger partial charge in [-0.25, -0.2) is 0 Å². The summed E-state index contributed by atoms with van der Waals surface area (Å²) in [6.07, 6.45) is 10.0. The molecule has 1 N–H and O–H groups in total. The average Bonchev–Trinajstić information content (AvgIpc) is 3.29. The Hall–Kier alpha value is -2.36. The first kappa shape index (κ1) is 13.3. The quantitative estimate of drug-likeness (QED) is 0.881. The lowest BCUT2D eigenvalue weighted by atomic mass is 9.93. The van der Waals surface area contributed by atoms with Gasteiger partial charge >= 0.3 is 0 Å². The molecular formula is C18H18N2O2. The molecule has 22 heavy (non-hydrogen) atoms. The van der Waals surface area contributed by atoms with Crippen LogP contribution >= 0.6 is 0 Å². The number of nitrogens with one attached hydrogen (secondary N) is 1. The summed E-state index contributed by atoms with van der Waals surface area (Å²) in [5.41, 5.74) is 1.81. The molecule has 2 aliphatic rings. The molecular weight excluding hydrogens is 276 g/mol. The van der Waals surface area contributed by atoms with Crippen molar-refractivity contribution in [1.29, 1.82) is 0 Å². The second kappa shape index (κ2) is 5.44. The number of allylic oxidation sites excluding steroid dienone is 2. The molecule has 0 aromatic carbocycles.